The first-order chi connectivity index (χ1) is 9.88. The Balaban J connectivity index is 2.33. The fourth-order valence-corrected chi connectivity index (χ4v) is 3.51. The first kappa shape index (κ1) is 15.7. The normalized spacial score (nSPS) is 10.4. The SMILES string of the molecule is CC(=O)c1cc([N+](=O)[O-])ccc1N(C)Cc1cc(Br)cs1. The fraction of sp³-hybridized carbons (Fsp3) is 0.214. The average Bonchev–Trinajstić information content (AvgIpc) is 2.83. The number of anilines is 1. The lowest BCUT2D eigenvalue weighted by atomic mass is 10.1. The quantitative estimate of drug-likeness (QED) is 0.449. The van der Waals surface area contributed by atoms with Gasteiger partial charge in [0.2, 0.25) is 0 Å². The van der Waals surface area contributed by atoms with Crippen LogP contribution in [0.15, 0.2) is 34.1 Å². The van der Waals surface area contributed by atoms with E-state index in [1.807, 2.05) is 23.4 Å². The molecule has 0 fully saturated rings. The van der Waals surface area contributed by atoms with E-state index < -0.39 is 4.92 Å². The molecule has 110 valence electrons. The van der Waals surface area contributed by atoms with Crippen LogP contribution in [0.1, 0.15) is 22.2 Å². The maximum Gasteiger partial charge on any atom is 0.270 e. The standard InChI is InChI=1S/C14H13BrN2O3S/c1-9(18)13-6-11(17(19)20)3-4-14(13)16(2)7-12-5-10(15)8-21-12/h3-6,8H,7H2,1-2H3. The molecule has 0 saturated carbocycles. The molecule has 0 saturated heterocycles. The lowest BCUT2D eigenvalue weighted by molar-refractivity contribution is -0.384. The van der Waals surface area contributed by atoms with Gasteiger partial charge in [0.25, 0.3) is 5.69 Å². The van der Waals surface area contributed by atoms with Gasteiger partial charge in [0, 0.05) is 45.2 Å². The van der Waals surface area contributed by atoms with Gasteiger partial charge in [-0.3, -0.25) is 14.9 Å². The average molecular weight is 369 g/mol. The highest BCUT2D eigenvalue weighted by atomic mass is 79.9. The summed E-state index contributed by atoms with van der Waals surface area (Å²) in [5, 5.41) is 12.8. The third-order valence-electron chi connectivity index (χ3n) is 3.00. The van der Waals surface area contributed by atoms with Gasteiger partial charge in [0.05, 0.1) is 11.5 Å². The summed E-state index contributed by atoms with van der Waals surface area (Å²) >= 11 is 5.02. The molecule has 0 unspecified atom stereocenters. The van der Waals surface area contributed by atoms with Crippen molar-refractivity contribution in [3.05, 3.63) is 54.7 Å². The molecule has 0 bridgehead atoms. The van der Waals surface area contributed by atoms with Crippen molar-refractivity contribution in [3.8, 4) is 0 Å². The number of benzene rings is 1. The van der Waals surface area contributed by atoms with E-state index in [1.165, 1.54) is 19.1 Å². The Morgan fingerprint density at radius 3 is 2.67 bits per heavy atom. The van der Waals surface area contributed by atoms with E-state index in [1.54, 1.807) is 17.4 Å². The summed E-state index contributed by atoms with van der Waals surface area (Å²) in [5.74, 6) is -0.187. The number of rotatable bonds is 5. The molecule has 2 rings (SSSR count). The van der Waals surface area contributed by atoms with Gasteiger partial charge in [-0.25, -0.2) is 0 Å². The van der Waals surface area contributed by atoms with Crippen LogP contribution < -0.4 is 4.90 Å². The van der Waals surface area contributed by atoms with Gasteiger partial charge in [0.15, 0.2) is 5.78 Å². The maximum atomic E-state index is 11.7. The second-order valence-electron chi connectivity index (χ2n) is 4.60. The number of nitro groups is 1. The number of nitro benzene ring substituents is 1. The molecule has 0 radical (unpaired) electrons. The molecule has 7 heteroatoms. The zero-order chi connectivity index (χ0) is 15.6. The minimum atomic E-state index is -0.493. The topological polar surface area (TPSA) is 63.4 Å². The van der Waals surface area contributed by atoms with Gasteiger partial charge in [-0.1, -0.05) is 0 Å². The molecule has 21 heavy (non-hydrogen) atoms. The fourth-order valence-electron chi connectivity index (χ4n) is 2.01. The summed E-state index contributed by atoms with van der Waals surface area (Å²) in [7, 11) is 1.86. The number of hydrogen-bond acceptors (Lipinski definition) is 5. The lowest BCUT2D eigenvalue weighted by Crippen LogP contribution is -2.18. The molecule has 5 nitrogen and oxygen atoms in total. The van der Waals surface area contributed by atoms with Crippen molar-refractivity contribution in [3.63, 3.8) is 0 Å². The summed E-state index contributed by atoms with van der Waals surface area (Å²) in [5.41, 5.74) is 0.983. The van der Waals surface area contributed by atoms with Gasteiger partial charge in [-0.2, -0.15) is 0 Å². The van der Waals surface area contributed by atoms with Gasteiger partial charge >= 0.3 is 0 Å². The second kappa shape index (κ2) is 6.36. The van der Waals surface area contributed by atoms with Crippen molar-refractivity contribution >= 4 is 44.4 Å². The van der Waals surface area contributed by atoms with E-state index in [4.69, 9.17) is 0 Å². The number of nitrogens with zero attached hydrogens (tertiary/aromatic N) is 2. The van der Waals surface area contributed by atoms with Crippen molar-refractivity contribution < 1.29 is 9.72 Å². The van der Waals surface area contributed by atoms with Crippen LogP contribution in [0.5, 0.6) is 0 Å². The Bertz CT molecular complexity index is 699. The summed E-state index contributed by atoms with van der Waals surface area (Å²) < 4.78 is 1.02. The number of ketones is 1. The molecule has 0 atom stereocenters. The zero-order valence-corrected chi connectivity index (χ0v) is 13.9. The third-order valence-corrected chi connectivity index (χ3v) is 4.68. The van der Waals surface area contributed by atoms with Crippen LogP contribution in [0, 0.1) is 10.1 Å². The second-order valence-corrected chi connectivity index (χ2v) is 6.51. The molecule has 1 aromatic carbocycles. The number of Topliss-reactive ketones (excluding diaryl/α,β-unsaturated/α-hetero) is 1. The Kier molecular flexibility index (Phi) is 4.74. The van der Waals surface area contributed by atoms with E-state index in [2.05, 4.69) is 15.9 Å². The Hall–Kier alpha value is -1.73. The minimum absolute atomic E-state index is 0.0729. The molecular formula is C14H13BrN2O3S. The Morgan fingerprint density at radius 1 is 1.43 bits per heavy atom. The van der Waals surface area contributed by atoms with Crippen molar-refractivity contribution in [2.45, 2.75) is 13.5 Å². The smallest absolute Gasteiger partial charge is 0.270 e. The van der Waals surface area contributed by atoms with E-state index >= 15 is 0 Å². The van der Waals surface area contributed by atoms with E-state index in [0.717, 1.165) is 9.35 Å². The monoisotopic (exact) mass is 368 g/mol. The number of carbonyl (C=O) groups excluding carboxylic acids is 1. The van der Waals surface area contributed by atoms with E-state index in [9.17, 15) is 14.9 Å². The number of halogens is 1. The highest BCUT2D eigenvalue weighted by Crippen LogP contribution is 2.28. The molecule has 0 aliphatic heterocycles. The summed E-state index contributed by atoms with van der Waals surface area (Å²) in [4.78, 5) is 25.1. The molecule has 2 aromatic rings. The molecule has 1 heterocycles. The van der Waals surface area contributed by atoms with Crippen LogP contribution in [0.25, 0.3) is 0 Å². The van der Waals surface area contributed by atoms with Gasteiger partial charge in [0.1, 0.15) is 0 Å². The van der Waals surface area contributed by atoms with Crippen molar-refractivity contribution in [2.24, 2.45) is 0 Å². The zero-order valence-electron chi connectivity index (χ0n) is 11.5. The Morgan fingerprint density at radius 2 is 2.14 bits per heavy atom. The molecule has 0 amide bonds. The summed E-state index contributed by atoms with van der Waals surface area (Å²) in [6, 6.07) is 6.39. The van der Waals surface area contributed by atoms with Crippen LogP contribution in [-0.4, -0.2) is 17.8 Å². The van der Waals surface area contributed by atoms with Crippen molar-refractivity contribution in [1.29, 1.82) is 0 Å². The minimum Gasteiger partial charge on any atom is -0.369 e. The molecular weight excluding hydrogens is 356 g/mol. The first-order valence-electron chi connectivity index (χ1n) is 6.12. The number of thiophene rings is 1. The van der Waals surface area contributed by atoms with Gasteiger partial charge < -0.3 is 4.90 Å². The van der Waals surface area contributed by atoms with E-state index in [-0.39, 0.29) is 11.5 Å². The van der Waals surface area contributed by atoms with E-state index in [0.29, 0.717) is 17.8 Å². The molecule has 0 N–H and O–H groups in total. The van der Waals surface area contributed by atoms with Crippen LogP contribution >= 0.6 is 27.3 Å². The Labute approximate surface area is 134 Å². The van der Waals surface area contributed by atoms with Crippen LogP contribution in [0.4, 0.5) is 11.4 Å². The van der Waals surface area contributed by atoms with Gasteiger partial charge in [-0.15, -0.1) is 11.3 Å². The predicted molar refractivity (Wildman–Crippen MR) is 87.2 cm³/mol. The predicted octanol–water partition coefficient (Wildman–Crippen LogP) is 4.26. The molecule has 0 spiro atoms. The third kappa shape index (κ3) is 3.68. The van der Waals surface area contributed by atoms with Crippen molar-refractivity contribution in [1.82, 2.24) is 0 Å². The largest absolute Gasteiger partial charge is 0.369 e. The van der Waals surface area contributed by atoms with Crippen LogP contribution in [-0.2, 0) is 6.54 Å². The summed E-state index contributed by atoms with van der Waals surface area (Å²) in [6.45, 7) is 2.05. The van der Waals surface area contributed by atoms with Crippen LogP contribution in [0.2, 0.25) is 0 Å². The van der Waals surface area contributed by atoms with Crippen molar-refractivity contribution in [2.75, 3.05) is 11.9 Å². The molecule has 0 aliphatic rings. The summed E-state index contributed by atoms with van der Waals surface area (Å²) in [6.07, 6.45) is 0. The molecule has 0 aliphatic carbocycles. The number of hydrogen-bond donors (Lipinski definition) is 0. The first-order valence-corrected chi connectivity index (χ1v) is 7.79. The highest BCUT2D eigenvalue weighted by molar-refractivity contribution is 9.10. The lowest BCUT2D eigenvalue weighted by Gasteiger charge is -2.20. The maximum absolute atomic E-state index is 11.7. The number of carbonyl (C=O) groups is 1. The van der Waals surface area contributed by atoms with Gasteiger partial charge in [-0.05, 0) is 35.0 Å². The highest BCUT2D eigenvalue weighted by Gasteiger charge is 2.17. The molecule has 1 aromatic heterocycles. The number of non-ortho nitro benzene ring substituents is 1. The van der Waals surface area contributed by atoms with Crippen LogP contribution in [0.3, 0.4) is 0 Å².